The molecule has 5 heterocycles. The Morgan fingerprint density at radius 1 is 1.15 bits per heavy atom. The molecule has 0 aliphatic carbocycles. The second-order valence-electron chi connectivity index (χ2n) is 8.01. The molecule has 0 saturated carbocycles. The van der Waals surface area contributed by atoms with E-state index < -0.39 is 18.2 Å². The summed E-state index contributed by atoms with van der Waals surface area (Å²) < 4.78 is 42.2. The van der Waals surface area contributed by atoms with Gasteiger partial charge in [0.1, 0.15) is 25.1 Å². The van der Waals surface area contributed by atoms with Gasteiger partial charge in [0.25, 0.3) is 0 Å². The first-order chi connectivity index (χ1) is 16.6. The first kappa shape index (κ1) is 22.7. The minimum Gasteiger partial charge on any atom is -0.486 e. The third-order valence-corrected chi connectivity index (χ3v) is 5.66. The second kappa shape index (κ2) is 10.0. The number of pyridine rings is 3. The van der Waals surface area contributed by atoms with Crippen molar-refractivity contribution in [3.05, 3.63) is 47.7 Å². The van der Waals surface area contributed by atoms with E-state index in [-0.39, 0.29) is 18.0 Å². The summed E-state index contributed by atoms with van der Waals surface area (Å²) in [5.41, 5.74) is 1.87. The Labute approximate surface area is 195 Å². The fraction of sp³-hybridized carbons (Fsp3) is 0.435. The summed E-state index contributed by atoms with van der Waals surface area (Å²) in [7, 11) is 1.48. The Kier molecular flexibility index (Phi) is 6.68. The predicted octanol–water partition coefficient (Wildman–Crippen LogP) is 1.38. The molecule has 0 amide bonds. The van der Waals surface area contributed by atoms with Gasteiger partial charge >= 0.3 is 0 Å². The largest absolute Gasteiger partial charge is 0.486 e. The number of fused-ring (bicyclic) bond motifs is 2. The quantitative estimate of drug-likeness (QED) is 0.522. The smallest absolute Gasteiger partial charge is 0.213 e. The number of aromatic nitrogens is 3. The number of rotatable bonds is 7. The molecule has 1 fully saturated rings. The summed E-state index contributed by atoms with van der Waals surface area (Å²) in [6.45, 7) is 2.16. The van der Waals surface area contributed by atoms with Gasteiger partial charge in [0.05, 0.1) is 55.5 Å². The standard InChI is InChI=1S/C23H25FN4O6/c1-30-21-3-2-17-22(28-21)15(16(24)9-27-17)7-18(29)23-33-11-14(12-34-23)25-8-13-6-19-20(10-26-13)32-5-4-31-19/h2-3,6,9-10,14,18,23,25,29H,4-5,7-8,11-12H2,1H3/t14?,18-,23?/m0/s1. The molecule has 11 heteroatoms. The van der Waals surface area contributed by atoms with Crippen molar-refractivity contribution in [1.82, 2.24) is 20.3 Å². The number of aliphatic hydroxyl groups excluding tert-OH is 1. The van der Waals surface area contributed by atoms with Crippen molar-refractivity contribution < 1.29 is 33.2 Å². The van der Waals surface area contributed by atoms with Crippen molar-refractivity contribution in [2.45, 2.75) is 31.4 Å². The Morgan fingerprint density at radius 3 is 2.74 bits per heavy atom. The molecule has 5 rings (SSSR count). The van der Waals surface area contributed by atoms with E-state index in [1.807, 2.05) is 6.07 Å². The molecule has 0 aromatic carbocycles. The van der Waals surface area contributed by atoms with Crippen molar-refractivity contribution in [3.8, 4) is 17.4 Å². The normalized spacial score (nSPS) is 20.8. The zero-order chi connectivity index (χ0) is 23.5. The SMILES string of the molecule is COc1ccc2ncc(F)c(C[C@H](O)C3OCC(NCc4cc5c(cn4)OCCO5)CO3)c2n1. The Morgan fingerprint density at radius 2 is 1.94 bits per heavy atom. The molecule has 1 saturated heterocycles. The molecule has 3 aromatic rings. The van der Waals surface area contributed by atoms with Crippen LogP contribution in [0.2, 0.25) is 0 Å². The number of hydrogen-bond donors (Lipinski definition) is 2. The third kappa shape index (κ3) is 4.87. The van der Waals surface area contributed by atoms with Gasteiger partial charge < -0.3 is 34.1 Å². The van der Waals surface area contributed by atoms with Crippen LogP contribution in [-0.2, 0) is 22.4 Å². The fourth-order valence-electron chi connectivity index (χ4n) is 3.88. The monoisotopic (exact) mass is 472 g/mol. The van der Waals surface area contributed by atoms with E-state index in [4.69, 9.17) is 23.7 Å². The second-order valence-corrected chi connectivity index (χ2v) is 8.01. The van der Waals surface area contributed by atoms with Crippen LogP contribution in [0.15, 0.2) is 30.6 Å². The van der Waals surface area contributed by atoms with Gasteiger partial charge in [-0.3, -0.25) is 9.97 Å². The molecular weight excluding hydrogens is 447 g/mol. The van der Waals surface area contributed by atoms with Crippen molar-refractivity contribution in [2.75, 3.05) is 33.5 Å². The number of aliphatic hydroxyl groups is 1. The number of nitrogens with zero attached hydrogens (tertiary/aromatic N) is 3. The molecule has 10 nitrogen and oxygen atoms in total. The maximum absolute atomic E-state index is 14.5. The molecule has 2 N–H and O–H groups in total. The highest BCUT2D eigenvalue weighted by Gasteiger charge is 2.29. The molecule has 3 aromatic heterocycles. The molecular formula is C23H25FN4O6. The van der Waals surface area contributed by atoms with Gasteiger partial charge in [-0.15, -0.1) is 0 Å². The van der Waals surface area contributed by atoms with Crippen LogP contribution in [0.4, 0.5) is 4.39 Å². The van der Waals surface area contributed by atoms with E-state index in [0.29, 0.717) is 61.4 Å². The van der Waals surface area contributed by atoms with Crippen molar-refractivity contribution >= 4 is 11.0 Å². The van der Waals surface area contributed by atoms with Gasteiger partial charge in [0.15, 0.2) is 17.8 Å². The highest BCUT2D eigenvalue weighted by Crippen LogP contribution is 2.29. The van der Waals surface area contributed by atoms with Crippen LogP contribution in [0.3, 0.4) is 0 Å². The maximum Gasteiger partial charge on any atom is 0.213 e. The van der Waals surface area contributed by atoms with Crippen LogP contribution >= 0.6 is 0 Å². The Bertz CT molecular complexity index is 1160. The molecule has 1 atom stereocenters. The molecule has 2 aliphatic rings. The fourth-order valence-corrected chi connectivity index (χ4v) is 3.88. The third-order valence-electron chi connectivity index (χ3n) is 5.66. The van der Waals surface area contributed by atoms with Crippen LogP contribution < -0.4 is 19.5 Å². The highest BCUT2D eigenvalue weighted by atomic mass is 19.1. The molecule has 0 spiro atoms. The average Bonchev–Trinajstić information content (AvgIpc) is 2.89. The summed E-state index contributed by atoms with van der Waals surface area (Å²) in [4.78, 5) is 12.7. The van der Waals surface area contributed by atoms with Crippen LogP contribution in [0.1, 0.15) is 11.3 Å². The maximum atomic E-state index is 14.5. The molecule has 2 aliphatic heterocycles. The van der Waals surface area contributed by atoms with Gasteiger partial charge in [0, 0.05) is 30.7 Å². The van der Waals surface area contributed by atoms with E-state index in [1.165, 1.54) is 7.11 Å². The van der Waals surface area contributed by atoms with Gasteiger partial charge in [-0.2, -0.15) is 0 Å². The number of ether oxygens (including phenoxy) is 5. The summed E-state index contributed by atoms with van der Waals surface area (Å²) >= 11 is 0. The van der Waals surface area contributed by atoms with Crippen LogP contribution in [0, 0.1) is 5.82 Å². The van der Waals surface area contributed by atoms with Crippen LogP contribution in [0.25, 0.3) is 11.0 Å². The summed E-state index contributed by atoms with van der Waals surface area (Å²) in [5.74, 6) is 1.10. The van der Waals surface area contributed by atoms with Gasteiger partial charge in [-0.25, -0.2) is 9.37 Å². The van der Waals surface area contributed by atoms with E-state index in [2.05, 4.69) is 20.3 Å². The molecule has 0 radical (unpaired) electrons. The Balaban J connectivity index is 1.16. The van der Waals surface area contributed by atoms with Gasteiger partial charge in [0.2, 0.25) is 5.88 Å². The van der Waals surface area contributed by atoms with Crippen molar-refractivity contribution in [3.63, 3.8) is 0 Å². The number of methoxy groups -OCH3 is 1. The molecule has 34 heavy (non-hydrogen) atoms. The van der Waals surface area contributed by atoms with Crippen LogP contribution in [0.5, 0.6) is 17.4 Å². The van der Waals surface area contributed by atoms with E-state index in [9.17, 15) is 9.50 Å². The number of halogens is 1. The lowest BCUT2D eigenvalue weighted by atomic mass is 10.1. The molecule has 0 bridgehead atoms. The van der Waals surface area contributed by atoms with Crippen molar-refractivity contribution in [2.24, 2.45) is 0 Å². The lowest BCUT2D eigenvalue weighted by Crippen LogP contribution is -2.48. The first-order valence-corrected chi connectivity index (χ1v) is 11.0. The predicted molar refractivity (Wildman–Crippen MR) is 117 cm³/mol. The van der Waals surface area contributed by atoms with Gasteiger partial charge in [-0.05, 0) is 6.07 Å². The number of nitrogens with one attached hydrogen (secondary N) is 1. The highest BCUT2D eigenvalue weighted by molar-refractivity contribution is 5.78. The van der Waals surface area contributed by atoms with E-state index in [0.717, 1.165) is 11.9 Å². The number of hydrogen-bond acceptors (Lipinski definition) is 10. The van der Waals surface area contributed by atoms with E-state index in [1.54, 1.807) is 18.3 Å². The Hall–Kier alpha value is -3.12. The zero-order valence-corrected chi connectivity index (χ0v) is 18.6. The summed E-state index contributed by atoms with van der Waals surface area (Å²) in [5, 5.41) is 14.0. The van der Waals surface area contributed by atoms with E-state index >= 15 is 0 Å². The van der Waals surface area contributed by atoms with Crippen molar-refractivity contribution in [1.29, 1.82) is 0 Å². The zero-order valence-electron chi connectivity index (χ0n) is 18.6. The van der Waals surface area contributed by atoms with Gasteiger partial charge in [-0.1, -0.05) is 0 Å². The average molecular weight is 472 g/mol. The topological polar surface area (TPSA) is 117 Å². The molecule has 180 valence electrons. The molecule has 0 unspecified atom stereocenters. The minimum atomic E-state index is -1.09. The lowest BCUT2D eigenvalue weighted by molar-refractivity contribution is -0.230. The minimum absolute atomic E-state index is 0.0467. The first-order valence-electron chi connectivity index (χ1n) is 11.0. The summed E-state index contributed by atoms with van der Waals surface area (Å²) in [6, 6.07) is 5.09. The summed E-state index contributed by atoms with van der Waals surface area (Å²) in [6.07, 6.45) is 0.743. The van der Waals surface area contributed by atoms with Crippen LogP contribution in [-0.4, -0.2) is 72.0 Å². The lowest BCUT2D eigenvalue weighted by Gasteiger charge is -2.32.